The van der Waals surface area contributed by atoms with Gasteiger partial charge in [-0.2, -0.15) is 0 Å². The minimum atomic E-state index is 1.13. The Bertz CT molecular complexity index is 743. The number of aromatic nitrogens is 1. The van der Waals surface area contributed by atoms with Gasteiger partial charge in [0.1, 0.15) is 6.54 Å². The lowest BCUT2D eigenvalue weighted by Crippen LogP contribution is -2.32. The molecule has 1 heterocycles. The number of hydrogen-bond acceptors (Lipinski definition) is 1. The highest BCUT2D eigenvalue weighted by Gasteiger charge is 2.01. The molecule has 2 rings (SSSR count). The average Bonchev–Trinajstić information content (AvgIpc) is 2.84. The van der Waals surface area contributed by atoms with Gasteiger partial charge in [0.15, 0.2) is 12.4 Å². The zero-order valence-corrected chi connectivity index (χ0v) is 21.8. The number of aryl methyl sites for hydroxylation is 1. The molecule has 0 spiro atoms. The molecule has 0 saturated heterocycles. The van der Waals surface area contributed by atoms with E-state index in [0.29, 0.717) is 0 Å². The second kappa shape index (κ2) is 17.4. The van der Waals surface area contributed by atoms with Gasteiger partial charge < -0.3 is 4.90 Å². The van der Waals surface area contributed by atoms with Crippen LogP contribution in [0.2, 0.25) is 0 Å². The van der Waals surface area contributed by atoms with Crippen molar-refractivity contribution < 1.29 is 4.57 Å². The number of pyridine rings is 1. The van der Waals surface area contributed by atoms with Gasteiger partial charge >= 0.3 is 0 Å². The predicted molar refractivity (Wildman–Crippen MR) is 147 cm³/mol. The molecule has 33 heavy (non-hydrogen) atoms. The first-order valence-electron chi connectivity index (χ1n) is 13.6. The highest BCUT2D eigenvalue weighted by molar-refractivity contribution is 5.70. The van der Waals surface area contributed by atoms with Crippen LogP contribution in [-0.4, -0.2) is 14.1 Å². The van der Waals surface area contributed by atoms with Crippen LogP contribution >= 0.6 is 0 Å². The van der Waals surface area contributed by atoms with E-state index in [9.17, 15) is 0 Å². The molecule has 1 aromatic carbocycles. The maximum Gasteiger partial charge on any atom is 0.169 e. The number of nitrogens with zero attached hydrogens (tertiary/aromatic N) is 2. The summed E-state index contributed by atoms with van der Waals surface area (Å²) in [5.74, 6) is 0. The summed E-state index contributed by atoms with van der Waals surface area (Å²) in [5, 5.41) is 0. The van der Waals surface area contributed by atoms with Gasteiger partial charge in [-0.3, -0.25) is 0 Å². The highest BCUT2D eigenvalue weighted by Crippen LogP contribution is 2.15. The highest BCUT2D eigenvalue weighted by atomic mass is 15.1. The molecule has 0 aliphatic heterocycles. The van der Waals surface area contributed by atoms with Crippen LogP contribution < -0.4 is 9.47 Å². The number of rotatable bonds is 18. The summed E-state index contributed by atoms with van der Waals surface area (Å²) in [7, 11) is 4.14. The Hall–Kier alpha value is -2.09. The van der Waals surface area contributed by atoms with E-state index in [-0.39, 0.29) is 0 Å². The van der Waals surface area contributed by atoms with Crippen LogP contribution in [0.1, 0.15) is 108 Å². The lowest BCUT2D eigenvalue weighted by Gasteiger charge is -2.11. The Labute approximate surface area is 204 Å². The number of anilines is 1. The van der Waals surface area contributed by atoms with Gasteiger partial charge in [0.2, 0.25) is 0 Å². The van der Waals surface area contributed by atoms with Crippen molar-refractivity contribution in [3.8, 4) is 0 Å². The summed E-state index contributed by atoms with van der Waals surface area (Å²) < 4.78 is 2.32. The van der Waals surface area contributed by atoms with E-state index in [1.165, 1.54) is 107 Å². The van der Waals surface area contributed by atoms with Crippen molar-refractivity contribution in [2.75, 3.05) is 19.0 Å². The molecule has 0 amide bonds. The zero-order chi connectivity index (χ0) is 23.6. The number of hydrogen-bond donors (Lipinski definition) is 0. The predicted octanol–water partition coefficient (Wildman–Crippen LogP) is 8.69. The van der Waals surface area contributed by atoms with Crippen molar-refractivity contribution >= 4 is 17.8 Å². The molecule has 0 unspecified atom stereocenters. The van der Waals surface area contributed by atoms with E-state index in [4.69, 9.17) is 0 Å². The first-order valence-corrected chi connectivity index (χ1v) is 13.6. The van der Waals surface area contributed by atoms with Crippen molar-refractivity contribution in [3.05, 3.63) is 59.9 Å². The Balaban J connectivity index is 1.49. The second-order valence-corrected chi connectivity index (χ2v) is 9.78. The molecule has 0 radical (unpaired) electrons. The second-order valence-electron chi connectivity index (χ2n) is 9.78. The molecule has 0 N–H and O–H groups in total. The monoisotopic (exact) mass is 449 g/mol. The van der Waals surface area contributed by atoms with Crippen molar-refractivity contribution in [2.24, 2.45) is 0 Å². The summed E-state index contributed by atoms with van der Waals surface area (Å²) in [6.45, 7) is 3.43. The van der Waals surface area contributed by atoms with E-state index < -0.39 is 0 Å². The maximum atomic E-state index is 2.32. The molecule has 0 aliphatic rings. The first kappa shape index (κ1) is 27.2. The Kier molecular flexibility index (Phi) is 14.3. The number of benzene rings is 1. The van der Waals surface area contributed by atoms with Crippen molar-refractivity contribution in [1.29, 1.82) is 0 Å². The van der Waals surface area contributed by atoms with Gasteiger partial charge in [-0.25, -0.2) is 4.57 Å². The van der Waals surface area contributed by atoms with Crippen molar-refractivity contribution in [3.63, 3.8) is 0 Å². The van der Waals surface area contributed by atoms with Crippen LogP contribution in [0.5, 0.6) is 0 Å². The van der Waals surface area contributed by atoms with Gasteiger partial charge in [0.05, 0.1) is 0 Å². The molecule has 0 bridgehead atoms. The molecule has 0 aliphatic carbocycles. The molecule has 2 aromatic rings. The fraction of sp³-hybridized carbons (Fsp3) is 0.581. The van der Waals surface area contributed by atoms with Crippen LogP contribution in [0.15, 0.2) is 48.8 Å². The summed E-state index contributed by atoms with van der Waals surface area (Å²) in [4.78, 5) is 2.13. The van der Waals surface area contributed by atoms with Crippen molar-refractivity contribution in [2.45, 2.75) is 103 Å². The smallest absolute Gasteiger partial charge is 0.169 e. The largest absolute Gasteiger partial charge is 0.378 e. The van der Waals surface area contributed by atoms with E-state index in [1.807, 2.05) is 0 Å². The summed E-state index contributed by atoms with van der Waals surface area (Å²) >= 11 is 0. The Morgan fingerprint density at radius 2 is 1.00 bits per heavy atom. The SMILES string of the molecule is CCCCCCCCCCCCCCCC[n+]1ccc(C=Cc2ccc(N(C)C)cc2)cc1. The van der Waals surface area contributed by atoms with Crippen LogP contribution in [-0.2, 0) is 6.54 Å². The third kappa shape index (κ3) is 12.7. The minimum absolute atomic E-state index is 1.13. The molecule has 2 nitrogen and oxygen atoms in total. The lowest BCUT2D eigenvalue weighted by molar-refractivity contribution is -0.697. The Morgan fingerprint density at radius 3 is 1.45 bits per heavy atom. The van der Waals surface area contributed by atoms with Gasteiger partial charge in [-0.1, -0.05) is 108 Å². The fourth-order valence-electron chi connectivity index (χ4n) is 4.29. The average molecular weight is 450 g/mol. The van der Waals surface area contributed by atoms with Gasteiger partial charge in [-0.05, 0) is 29.7 Å². The third-order valence-corrected chi connectivity index (χ3v) is 6.56. The normalized spacial score (nSPS) is 11.4. The molecule has 0 atom stereocenters. The van der Waals surface area contributed by atoms with Crippen LogP contribution in [0.25, 0.3) is 12.2 Å². The molecule has 0 fully saturated rings. The molecule has 2 heteroatoms. The summed E-state index contributed by atoms with van der Waals surface area (Å²) in [6.07, 6.45) is 28.7. The quantitative estimate of drug-likeness (QED) is 0.163. The van der Waals surface area contributed by atoms with E-state index >= 15 is 0 Å². The molecule has 0 saturated carbocycles. The van der Waals surface area contributed by atoms with Gasteiger partial charge in [-0.15, -0.1) is 0 Å². The van der Waals surface area contributed by atoms with Crippen molar-refractivity contribution in [1.82, 2.24) is 0 Å². The van der Waals surface area contributed by atoms with Crippen LogP contribution in [0.4, 0.5) is 5.69 Å². The van der Waals surface area contributed by atoms with E-state index in [1.54, 1.807) is 0 Å². The topological polar surface area (TPSA) is 7.12 Å². The zero-order valence-electron chi connectivity index (χ0n) is 21.8. The van der Waals surface area contributed by atoms with Crippen LogP contribution in [0.3, 0.4) is 0 Å². The van der Waals surface area contributed by atoms with Gasteiger partial charge in [0, 0.05) is 38.3 Å². The maximum absolute atomic E-state index is 2.32. The third-order valence-electron chi connectivity index (χ3n) is 6.56. The Morgan fingerprint density at radius 1 is 0.576 bits per heavy atom. The van der Waals surface area contributed by atoms with Gasteiger partial charge in [0.25, 0.3) is 0 Å². The number of unbranched alkanes of at least 4 members (excludes halogenated alkanes) is 13. The lowest BCUT2D eigenvalue weighted by atomic mass is 10.0. The standard InChI is InChI=1S/C31H49N2/c1-4-5-6-7-8-9-10-11-12-13-14-15-16-17-26-33-27-24-30(25-28-33)19-18-29-20-22-31(23-21-29)32(2)3/h18-25,27-28H,4-17,26H2,1-3H3/q+1. The van der Waals surface area contributed by atoms with E-state index in [2.05, 4.69) is 91.4 Å². The molecule has 1 aromatic heterocycles. The van der Waals surface area contributed by atoms with E-state index in [0.717, 1.165) is 6.54 Å². The van der Waals surface area contributed by atoms with Crippen LogP contribution in [0, 0.1) is 0 Å². The summed E-state index contributed by atoms with van der Waals surface area (Å²) in [5.41, 5.74) is 3.72. The minimum Gasteiger partial charge on any atom is -0.378 e. The first-order chi connectivity index (χ1) is 16.2. The summed E-state index contributed by atoms with van der Waals surface area (Å²) in [6, 6.07) is 13.1. The fourth-order valence-corrected chi connectivity index (χ4v) is 4.29. The molecule has 182 valence electrons. The molecular formula is C31H49N2+. The molecular weight excluding hydrogens is 400 g/mol.